The quantitative estimate of drug-likeness (QED) is 0.667. The van der Waals surface area contributed by atoms with E-state index in [-0.39, 0.29) is 5.41 Å². The Morgan fingerprint density at radius 3 is 2.11 bits per heavy atom. The molecule has 2 heteroatoms. The number of halogens is 1. The summed E-state index contributed by atoms with van der Waals surface area (Å²) < 4.78 is 0. The van der Waals surface area contributed by atoms with Crippen molar-refractivity contribution in [2.45, 2.75) is 59.0 Å². The molecule has 19 heavy (non-hydrogen) atoms. The van der Waals surface area contributed by atoms with E-state index in [1.807, 2.05) is 0 Å². The van der Waals surface area contributed by atoms with Crippen LogP contribution in [0.2, 0.25) is 0 Å². The molecule has 0 aliphatic carbocycles. The van der Waals surface area contributed by atoms with E-state index in [4.69, 9.17) is 0 Å². The molecule has 0 saturated carbocycles. The van der Waals surface area contributed by atoms with Crippen molar-refractivity contribution in [2.24, 2.45) is 0 Å². The second-order valence-electron chi connectivity index (χ2n) is 6.55. The first-order valence-corrected chi connectivity index (χ1v) is 8.36. The summed E-state index contributed by atoms with van der Waals surface area (Å²) in [6.45, 7) is 13.5. The van der Waals surface area contributed by atoms with Crippen molar-refractivity contribution < 1.29 is 0 Å². The van der Waals surface area contributed by atoms with Gasteiger partial charge >= 0.3 is 0 Å². The molecule has 1 aromatic rings. The summed E-state index contributed by atoms with van der Waals surface area (Å²) in [4.78, 5) is 2.54. The zero-order chi connectivity index (χ0) is 14.5. The highest BCUT2D eigenvalue weighted by molar-refractivity contribution is 9.09. The standard InChI is InChI=1S/C17H28BrN/c1-14(2)19(12-6-11-18)13-15-7-9-16(10-8-15)17(3,4)5/h7-10,14H,6,11-13H2,1-5H3. The van der Waals surface area contributed by atoms with Crippen LogP contribution in [0.25, 0.3) is 0 Å². The molecule has 0 heterocycles. The van der Waals surface area contributed by atoms with Crippen LogP contribution in [0, 0.1) is 0 Å². The minimum atomic E-state index is 0.242. The Hall–Kier alpha value is -0.340. The van der Waals surface area contributed by atoms with Gasteiger partial charge in [-0.2, -0.15) is 0 Å². The van der Waals surface area contributed by atoms with Crippen LogP contribution in [0.5, 0.6) is 0 Å². The fourth-order valence-corrected chi connectivity index (χ4v) is 2.38. The molecule has 108 valence electrons. The number of rotatable bonds is 6. The van der Waals surface area contributed by atoms with E-state index in [1.54, 1.807) is 0 Å². The third-order valence-corrected chi connectivity index (χ3v) is 4.08. The highest BCUT2D eigenvalue weighted by Gasteiger charge is 2.14. The van der Waals surface area contributed by atoms with Gasteiger partial charge in [-0.3, -0.25) is 4.90 Å². The van der Waals surface area contributed by atoms with Crippen molar-refractivity contribution in [3.05, 3.63) is 35.4 Å². The molecular weight excluding hydrogens is 298 g/mol. The predicted molar refractivity (Wildman–Crippen MR) is 89.1 cm³/mol. The maximum Gasteiger partial charge on any atom is 0.0236 e. The van der Waals surface area contributed by atoms with E-state index in [1.165, 1.54) is 17.5 Å². The molecule has 1 nitrogen and oxygen atoms in total. The molecule has 0 aliphatic rings. The molecule has 1 aromatic carbocycles. The van der Waals surface area contributed by atoms with E-state index in [0.717, 1.165) is 18.4 Å². The lowest BCUT2D eigenvalue weighted by atomic mass is 9.87. The molecule has 0 aliphatic heterocycles. The summed E-state index contributed by atoms with van der Waals surface area (Å²) in [5.41, 5.74) is 3.07. The van der Waals surface area contributed by atoms with Gasteiger partial charge in [0, 0.05) is 17.9 Å². The summed E-state index contributed by atoms with van der Waals surface area (Å²) in [5.74, 6) is 0. The topological polar surface area (TPSA) is 3.24 Å². The fraction of sp³-hybridized carbons (Fsp3) is 0.647. The van der Waals surface area contributed by atoms with E-state index < -0.39 is 0 Å². The molecule has 0 spiro atoms. The summed E-state index contributed by atoms with van der Waals surface area (Å²) in [5, 5.41) is 1.08. The molecule has 0 saturated heterocycles. The highest BCUT2D eigenvalue weighted by Crippen LogP contribution is 2.22. The van der Waals surface area contributed by atoms with Crippen LogP contribution in [-0.4, -0.2) is 22.8 Å². The Kier molecular flexibility index (Phi) is 6.55. The van der Waals surface area contributed by atoms with Crippen LogP contribution in [0.4, 0.5) is 0 Å². The number of benzene rings is 1. The van der Waals surface area contributed by atoms with Gasteiger partial charge in [0.15, 0.2) is 0 Å². The van der Waals surface area contributed by atoms with Crippen molar-refractivity contribution in [2.75, 3.05) is 11.9 Å². The van der Waals surface area contributed by atoms with Gasteiger partial charge in [-0.1, -0.05) is 61.0 Å². The fourth-order valence-electron chi connectivity index (χ4n) is 2.13. The third kappa shape index (κ3) is 5.66. The smallest absolute Gasteiger partial charge is 0.0236 e. The molecular formula is C17H28BrN. The lowest BCUT2D eigenvalue weighted by Crippen LogP contribution is -2.31. The maximum atomic E-state index is 3.52. The Bertz CT molecular complexity index is 362. The average Bonchev–Trinajstić information content (AvgIpc) is 2.33. The SMILES string of the molecule is CC(C)N(CCCBr)Cc1ccc(C(C)(C)C)cc1. The van der Waals surface area contributed by atoms with Gasteiger partial charge in [-0.15, -0.1) is 0 Å². The predicted octanol–water partition coefficient (Wildman–Crippen LogP) is 4.98. The number of hydrogen-bond donors (Lipinski definition) is 0. The first-order chi connectivity index (χ1) is 8.84. The van der Waals surface area contributed by atoms with Crippen molar-refractivity contribution >= 4 is 15.9 Å². The molecule has 0 atom stereocenters. The van der Waals surface area contributed by atoms with Gasteiger partial charge in [0.25, 0.3) is 0 Å². The molecule has 0 bridgehead atoms. The molecule has 0 amide bonds. The lowest BCUT2D eigenvalue weighted by Gasteiger charge is -2.27. The van der Waals surface area contributed by atoms with Crippen molar-refractivity contribution in [3.8, 4) is 0 Å². The zero-order valence-electron chi connectivity index (χ0n) is 13.0. The first kappa shape index (κ1) is 16.7. The third-order valence-electron chi connectivity index (χ3n) is 3.51. The minimum absolute atomic E-state index is 0.242. The van der Waals surface area contributed by atoms with Crippen LogP contribution in [-0.2, 0) is 12.0 Å². The van der Waals surface area contributed by atoms with Crippen molar-refractivity contribution in [1.29, 1.82) is 0 Å². The average molecular weight is 326 g/mol. The van der Waals surface area contributed by atoms with E-state index >= 15 is 0 Å². The molecule has 0 aromatic heterocycles. The maximum absolute atomic E-state index is 3.52. The zero-order valence-corrected chi connectivity index (χ0v) is 14.6. The van der Waals surface area contributed by atoms with Crippen LogP contribution < -0.4 is 0 Å². The summed E-state index contributed by atoms with van der Waals surface area (Å²) >= 11 is 3.52. The van der Waals surface area contributed by atoms with Gasteiger partial charge in [0.05, 0.1) is 0 Å². The van der Waals surface area contributed by atoms with Gasteiger partial charge in [0.2, 0.25) is 0 Å². The number of hydrogen-bond acceptors (Lipinski definition) is 1. The summed E-state index contributed by atoms with van der Waals surface area (Å²) in [6.07, 6.45) is 1.21. The largest absolute Gasteiger partial charge is 0.297 e. The Labute approximate surface area is 127 Å². The molecule has 0 unspecified atom stereocenters. The van der Waals surface area contributed by atoms with Crippen molar-refractivity contribution in [1.82, 2.24) is 4.90 Å². The van der Waals surface area contributed by atoms with Gasteiger partial charge in [-0.25, -0.2) is 0 Å². The van der Waals surface area contributed by atoms with E-state index in [2.05, 4.69) is 79.7 Å². The second kappa shape index (κ2) is 7.44. The molecule has 1 rings (SSSR count). The lowest BCUT2D eigenvalue weighted by molar-refractivity contribution is 0.214. The Balaban J connectivity index is 2.69. The number of nitrogens with zero attached hydrogens (tertiary/aromatic N) is 1. The van der Waals surface area contributed by atoms with Crippen LogP contribution in [0.1, 0.15) is 52.2 Å². The summed E-state index contributed by atoms with van der Waals surface area (Å²) in [6, 6.07) is 9.71. The van der Waals surface area contributed by atoms with E-state index in [9.17, 15) is 0 Å². The number of alkyl halides is 1. The minimum Gasteiger partial charge on any atom is -0.297 e. The van der Waals surface area contributed by atoms with Crippen LogP contribution in [0.15, 0.2) is 24.3 Å². The highest BCUT2D eigenvalue weighted by atomic mass is 79.9. The summed E-state index contributed by atoms with van der Waals surface area (Å²) in [7, 11) is 0. The molecule has 0 fully saturated rings. The second-order valence-corrected chi connectivity index (χ2v) is 7.35. The normalized spacial score (nSPS) is 12.4. The Morgan fingerprint density at radius 2 is 1.68 bits per heavy atom. The van der Waals surface area contributed by atoms with Gasteiger partial charge in [-0.05, 0) is 43.4 Å². The van der Waals surface area contributed by atoms with Crippen LogP contribution in [0.3, 0.4) is 0 Å². The van der Waals surface area contributed by atoms with Gasteiger partial charge in [0.1, 0.15) is 0 Å². The van der Waals surface area contributed by atoms with Crippen molar-refractivity contribution in [3.63, 3.8) is 0 Å². The molecule has 0 radical (unpaired) electrons. The monoisotopic (exact) mass is 325 g/mol. The van der Waals surface area contributed by atoms with E-state index in [0.29, 0.717) is 6.04 Å². The van der Waals surface area contributed by atoms with Gasteiger partial charge < -0.3 is 0 Å². The molecule has 0 N–H and O–H groups in total. The Morgan fingerprint density at radius 1 is 1.11 bits per heavy atom. The van der Waals surface area contributed by atoms with Crippen LogP contribution >= 0.6 is 15.9 Å². The first-order valence-electron chi connectivity index (χ1n) is 7.24.